The Morgan fingerprint density at radius 3 is 2.64 bits per heavy atom. The molecule has 0 bridgehead atoms. The Morgan fingerprint density at radius 1 is 1.17 bits per heavy atom. The number of nitrogens with zero attached hydrogens (tertiary/aromatic N) is 2. The summed E-state index contributed by atoms with van der Waals surface area (Å²) in [5.41, 5.74) is 1.67. The number of halogens is 2. The molecule has 3 aromatic rings. The fourth-order valence-electron chi connectivity index (χ4n) is 3.52. The number of nitro benzene ring substituents is 1. The zero-order valence-electron chi connectivity index (χ0n) is 19.3. The molecule has 0 amide bonds. The van der Waals surface area contributed by atoms with Gasteiger partial charge in [-0.25, -0.2) is 14.2 Å². The van der Waals surface area contributed by atoms with Crippen molar-refractivity contribution >= 4 is 35.2 Å². The van der Waals surface area contributed by atoms with Crippen LogP contribution in [-0.2, 0) is 16.1 Å². The average Bonchev–Trinajstić information content (AvgIpc) is 3.19. The van der Waals surface area contributed by atoms with Gasteiger partial charge in [0, 0.05) is 22.8 Å². The van der Waals surface area contributed by atoms with Crippen LogP contribution in [-0.4, -0.2) is 23.4 Å². The van der Waals surface area contributed by atoms with E-state index in [0.717, 1.165) is 0 Å². The maximum Gasteiger partial charge on any atom is 0.363 e. The Hall–Kier alpha value is -4.24. The number of carbonyl (C=O) groups excluding carboxylic acids is 1. The van der Waals surface area contributed by atoms with E-state index in [0.29, 0.717) is 34.6 Å². The first-order chi connectivity index (χ1) is 17.3. The molecule has 0 aromatic heterocycles. The van der Waals surface area contributed by atoms with Gasteiger partial charge in [-0.1, -0.05) is 29.8 Å². The largest absolute Gasteiger partial charge is 0.490 e. The number of hydrogen-bond acceptors (Lipinski definition) is 7. The van der Waals surface area contributed by atoms with Crippen molar-refractivity contribution < 1.29 is 28.3 Å². The Bertz CT molecular complexity index is 1420. The number of hydrogen-bond donors (Lipinski definition) is 0. The van der Waals surface area contributed by atoms with Crippen LogP contribution in [0.4, 0.5) is 10.1 Å². The van der Waals surface area contributed by atoms with Gasteiger partial charge in [0.15, 0.2) is 17.2 Å². The predicted molar refractivity (Wildman–Crippen MR) is 132 cm³/mol. The van der Waals surface area contributed by atoms with Crippen LogP contribution in [0.15, 0.2) is 65.3 Å². The van der Waals surface area contributed by atoms with E-state index in [9.17, 15) is 19.3 Å². The van der Waals surface area contributed by atoms with Crippen LogP contribution in [0.25, 0.3) is 6.08 Å². The molecule has 0 saturated carbocycles. The lowest BCUT2D eigenvalue weighted by Gasteiger charge is -2.15. The maximum atomic E-state index is 14.0. The van der Waals surface area contributed by atoms with E-state index in [1.165, 1.54) is 30.3 Å². The van der Waals surface area contributed by atoms with Gasteiger partial charge in [0.05, 0.1) is 16.6 Å². The molecule has 3 aromatic carbocycles. The molecule has 1 aliphatic rings. The fraction of sp³-hybridized carbons (Fsp3) is 0.154. The third kappa shape index (κ3) is 5.36. The van der Waals surface area contributed by atoms with Gasteiger partial charge in [-0.2, -0.15) is 0 Å². The second-order valence-electron chi connectivity index (χ2n) is 7.74. The van der Waals surface area contributed by atoms with E-state index < -0.39 is 16.7 Å². The third-order valence-corrected chi connectivity index (χ3v) is 5.51. The number of ether oxygens (including phenoxy) is 3. The molecule has 36 heavy (non-hydrogen) atoms. The van der Waals surface area contributed by atoms with Gasteiger partial charge in [0.1, 0.15) is 12.4 Å². The molecule has 0 saturated heterocycles. The van der Waals surface area contributed by atoms with E-state index in [2.05, 4.69) is 4.99 Å². The molecule has 4 rings (SSSR count). The van der Waals surface area contributed by atoms with Crippen LogP contribution in [0.2, 0.25) is 5.02 Å². The number of cyclic esters (lactones) is 1. The van der Waals surface area contributed by atoms with Gasteiger partial charge in [-0.05, 0) is 55.8 Å². The summed E-state index contributed by atoms with van der Waals surface area (Å²) >= 11 is 6.45. The number of rotatable bonds is 8. The summed E-state index contributed by atoms with van der Waals surface area (Å²) in [6, 6.07) is 13.7. The van der Waals surface area contributed by atoms with Gasteiger partial charge in [-0.15, -0.1) is 0 Å². The molecule has 0 fully saturated rings. The first kappa shape index (κ1) is 24.9. The minimum absolute atomic E-state index is 0.0135. The highest BCUT2D eigenvalue weighted by atomic mass is 35.5. The summed E-state index contributed by atoms with van der Waals surface area (Å²) in [5.74, 6) is -0.497. The predicted octanol–water partition coefficient (Wildman–Crippen LogP) is 6.02. The van der Waals surface area contributed by atoms with Crippen molar-refractivity contribution in [1.82, 2.24) is 0 Å². The highest BCUT2D eigenvalue weighted by Gasteiger charge is 2.26. The molecule has 184 valence electrons. The van der Waals surface area contributed by atoms with E-state index >= 15 is 0 Å². The monoisotopic (exact) mass is 510 g/mol. The van der Waals surface area contributed by atoms with E-state index in [1.54, 1.807) is 44.2 Å². The van der Waals surface area contributed by atoms with Crippen LogP contribution in [0, 0.1) is 22.9 Å². The number of carbonyl (C=O) groups is 1. The smallest absolute Gasteiger partial charge is 0.363 e. The molecule has 0 unspecified atom stereocenters. The number of benzene rings is 3. The number of esters is 1. The number of aryl methyl sites for hydroxylation is 1. The van der Waals surface area contributed by atoms with Crippen molar-refractivity contribution in [1.29, 1.82) is 0 Å². The highest BCUT2D eigenvalue weighted by molar-refractivity contribution is 6.32. The topological polar surface area (TPSA) is 100 Å². The lowest BCUT2D eigenvalue weighted by molar-refractivity contribution is -0.385. The quantitative estimate of drug-likeness (QED) is 0.159. The summed E-state index contributed by atoms with van der Waals surface area (Å²) in [5, 5.41) is 11.2. The summed E-state index contributed by atoms with van der Waals surface area (Å²) < 4.78 is 30.7. The lowest BCUT2D eigenvalue weighted by atomic mass is 10.1. The first-order valence-electron chi connectivity index (χ1n) is 10.9. The van der Waals surface area contributed by atoms with Gasteiger partial charge < -0.3 is 14.2 Å². The molecule has 10 heteroatoms. The van der Waals surface area contributed by atoms with E-state index in [1.807, 2.05) is 0 Å². The highest BCUT2D eigenvalue weighted by Crippen LogP contribution is 2.38. The third-order valence-electron chi connectivity index (χ3n) is 5.23. The molecule has 0 spiro atoms. The van der Waals surface area contributed by atoms with Crippen molar-refractivity contribution in [2.75, 3.05) is 6.61 Å². The van der Waals surface area contributed by atoms with Crippen LogP contribution in [0.5, 0.6) is 11.5 Å². The molecular weight excluding hydrogens is 491 g/mol. The summed E-state index contributed by atoms with van der Waals surface area (Å²) in [7, 11) is 0. The molecule has 0 atom stereocenters. The van der Waals surface area contributed by atoms with Crippen molar-refractivity contribution in [2.24, 2.45) is 4.99 Å². The van der Waals surface area contributed by atoms with Gasteiger partial charge in [-0.3, -0.25) is 10.1 Å². The Balaban J connectivity index is 1.62. The molecule has 0 radical (unpaired) electrons. The van der Waals surface area contributed by atoms with Crippen LogP contribution >= 0.6 is 11.6 Å². The molecule has 0 aliphatic carbocycles. The second kappa shape index (κ2) is 10.6. The van der Waals surface area contributed by atoms with E-state index in [-0.39, 0.29) is 34.7 Å². The number of nitro groups is 1. The van der Waals surface area contributed by atoms with Crippen LogP contribution in [0.3, 0.4) is 0 Å². The molecule has 8 nitrogen and oxygen atoms in total. The van der Waals surface area contributed by atoms with Crippen molar-refractivity contribution in [3.05, 3.63) is 104 Å². The zero-order chi connectivity index (χ0) is 25.8. The SMILES string of the molecule is CCOc1cc(/C=C2\N=C(c3ccc([N+](=O)[O-])c(C)c3)OC2=O)cc(Cl)c1OCc1ccccc1F. The Kier molecular flexibility index (Phi) is 7.30. The molecule has 0 N–H and O–H groups in total. The van der Waals surface area contributed by atoms with E-state index in [4.69, 9.17) is 25.8 Å². The van der Waals surface area contributed by atoms with Gasteiger partial charge >= 0.3 is 5.97 Å². The lowest BCUT2D eigenvalue weighted by Crippen LogP contribution is -2.06. The molecular formula is C26H20ClFN2O6. The normalized spacial score (nSPS) is 13.9. The minimum atomic E-state index is -0.685. The summed E-state index contributed by atoms with van der Waals surface area (Å²) in [4.78, 5) is 27.2. The van der Waals surface area contributed by atoms with Gasteiger partial charge in [0.2, 0.25) is 5.90 Å². The van der Waals surface area contributed by atoms with Crippen molar-refractivity contribution in [3.63, 3.8) is 0 Å². The molecule has 1 aliphatic heterocycles. The van der Waals surface area contributed by atoms with Crippen LogP contribution in [0.1, 0.15) is 29.2 Å². The Morgan fingerprint density at radius 2 is 1.94 bits per heavy atom. The summed E-state index contributed by atoms with van der Waals surface area (Å²) in [6.45, 7) is 3.64. The average molecular weight is 511 g/mol. The maximum absolute atomic E-state index is 14.0. The van der Waals surface area contributed by atoms with Crippen molar-refractivity contribution in [3.8, 4) is 11.5 Å². The van der Waals surface area contributed by atoms with Gasteiger partial charge in [0.25, 0.3) is 5.69 Å². The minimum Gasteiger partial charge on any atom is -0.490 e. The molecule has 1 heterocycles. The zero-order valence-corrected chi connectivity index (χ0v) is 20.0. The second-order valence-corrected chi connectivity index (χ2v) is 8.14. The van der Waals surface area contributed by atoms with Crippen LogP contribution < -0.4 is 9.47 Å². The standard InChI is InChI=1S/C26H20ClFN2O6/c1-3-34-23-13-16(11-19(27)24(23)35-14-18-6-4-5-7-20(18)28)12-21-26(31)36-25(29-21)17-8-9-22(30(32)33)15(2)10-17/h4-13H,3,14H2,1-2H3/b21-12-. The number of aliphatic imine (C=N–C) groups is 1. The fourth-order valence-corrected chi connectivity index (χ4v) is 3.80. The summed E-state index contributed by atoms with van der Waals surface area (Å²) in [6.07, 6.45) is 1.47. The first-order valence-corrected chi connectivity index (χ1v) is 11.2. The van der Waals surface area contributed by atoms with Crippen molar-refractivity contribution in [2.45, 2.75) is 20.5 Å². The Labute approximate surface area is 210 Å².